The van der Waals surface area contributed by atoms with E-state index in [1.165, 1.54) is 0 Å². The third kappa shape index (κ3) is 3.28. The molecule has 0 radical (unpaired) electrons. The fourth-order valence-electron chi connectivity index (χ4n) is 1.41. The van der Waals surface area contributed by atoms with Gasteiger partial charge in [0.05, 0.1) is 5.02 Å². The highest BCUT2D eigenvalue weighted by atomic mass is 35.5. The predicted octanol–water partition coefficient (Wildman–Crippen LogP) is 4.01. The van der Waals surface area contributed by atoms with Gasteiger partial charge in [-0.3, -0.25) is 0 Å². The Kier molecular flexibility index (Phi) is 4.28. The van der Waals surface area contributed by atoms with Crippen molar-refractivity contribution < 1.29 is 4.74 Å². The molecular weight excluding hydrogens is 271 g/mol. The van der Waals surface area contributed by atoms with Crippen molar-refractivity contribution >= 4 is 29.0 Å². The molecule has 94 valence electrons. The van der Waals surface area contributed by atoms with Crippen molar-refractivity contribution in [1.82, 2.24) is 4.98 Å². The van der Waals surface area contributed by atoms with Crippen LogP contribution in [0.4, 0.5) is 5.82 Å². The fraction of sp³-hybridized carbons (Fsp3) is 0.154. The first-order valence-electron chi connectivity index (χ1n) is 5.39. The summed E-state index contributed by atoms with van der Waals surface area (Å²) in [5, 5.41) is 4.05. The Bertz CT molecular complexity index is 529. The van der Waals surface area contributed by atoms with Crippen LogP contribution in [0.1, 0.15) is 5.56 Å². The smallest absolute Gasteiger partial charge is 0.138 e. The van der Waals surface area contributed by atoms with Crippen LogP contribution in [0.2, 0.25) is 10.0 Å². The highest BCUT2D eigenvalue weighted by molar-refractivity contribution is 6.35. The van der Waals surface area contributed by atoms with Gasteiger partial charge in [-0.1, -0.05) is 29.3 Å². The lowest BCUT2D eigenvalue weighted by atomic mass is 10.3. The van der Waals surface area contributed by atoms with Crippen LogP contribution in [-0.2, 0) is 6.61 Å². The molecule has 0 unspecified atom stereocenters. The molecule has 0 aliphatic heterocycles. The van der Waals surface area contributed by atoms with Gasteiger partial charge in [-0.05, 0) is 24.3 Å². The first-order chi connectivity index (χ1) is 8.69. The number of anilines is 1. The molecule has 0 saturated carbocycles. The second-order valence-corrected chi connectivity index (χ2v) is 4.51. The van der Waals surface area contributed by atoms with E-state index < -0.39 is 0 Å². The highest BCUT2D eigenvalue weighted by Crippen LogP contribution is 2.28. The SMILES string of the molecule is CNc1ccc(COc2ccc(Cl)cc2Cl)cn1. The number of hydrogen-bond donors (Lipinski definition) is 1. The van der Waals surface area contributed by atoms with Crippen LogP contribution in [0.15, 0.2) is 36.5 Å². The van der Waals surface area contributed by atoms with E-state index >= 15 is 0 Å². The molecule has 1 heterocycles. The summed E-state index contributed by atoms with van der Waals surface area (Å²) >= 11 is 11.8. The Balaban J connectivity index is 2.02. The number of nitrogens with zero attached hydrogens (tertiary/aromatic N) is 1. The van der Waals surface area contributed by atoms with Gasteiger partial charge in [0.25, 0.3) is 0 Å². The van der Waals surface area contributed by atoms with Gasteiger partial charge in [-0.25, -0.2) is 4.98 Å². The highest BCUT2D eigenvalue weighted by Gasteiger charge is 2.03. The molecule has 0 amide bonds. The second kappa shape index (κ2) is 5.94. The van der Waals surface area contributed by atoms with Gasteiger partial charge >= 0.3 is 0 Å². The molecule has 0 fully saturated rings. The largest absolute Gasteiger partial charge is 0.487 e. The van der Waals surface area contributed by atoms with Gasteiger partial charge in [-0.15, -0.1) is 0 Å². The Labute approximate surface area is 116 Å². The minimum atomic E-state index is 0.415. The quantitative estimate of drug-likeness (QED) is 0.920. The van der Waals surface area contributed by atoms with E-state index in [9.17, 15) is 0 Å². The molecule has 5 heteroatoms. The van der Waals surface area contributed by atoms with Crippen LogP contribution in [0.25, 0.3) is 0 Å². The van der Waals surface area contributed by atoms with Crippen LogP contribution in [0.5, 0.6) is 5.75 Å². The third-order valence-corrected chi connectivity index (χ3v) is 2.90. The average molecular weight is 283 g/mol. The van der Waals surface area contributed by atoms with E-state index in [1.807, 2.05) is 19.2 Å². The molecule has 1 aromatic heterocycles. The van der Waals surface area contributed by atoms with Crippen molar-refractivity contribution in [1.29, 1.82) is 0 Å². The van der Waals surface area contributed by atoms with Crippen molar-refractivity contribution in [3.05, 3.63) is 52.1 Å². The number of ether oxygens (including phenoxy) is 1. The summed E-state index contributed by atoms with van der Waals surface area (Å²) in [7, 11) is 1.83. The van der Waals surface area contributed by atoms with Crippen LogP contribution < -0.4 is 10.1 Å². The summed E-state index contributed by atoms with van der Waals surface area (Å²) in [6, 6.07) is 8.98. The van der Waals surface area contributed by atoms with Gasteiger partial charge < -0.3 is 10.1 Å². The van der Waals surface area contributed by atoms with Crippen molar-refractivity contribution in [2.45, 2.75) is 6.61 Å². The van der Waals surface area contributed by atoms with Gasteiger partial charge in [0, 0.05) is 23.8 Å². The van der Waals surface area contributed by atoms with Crippen LogP contribution in [-0.4, -0.2) is 12.0 Å². The van der Waals surface area contributed by atoms with Gasteiger partial charge in [-0.2, -0.15) is 0 Å². The molecule has 0 atom stereocenters. The minimum Gasteiger partial charge on any atom is -0.487 e. The summed E-state index contributed by atoms with van der Waals surface area (Å²) in [5.74, 6) is 1.43. The first kappa shape index (κ1) is 13.0. The maximum Gasteiger partial charge on any atom is 0.138 e. The van der Waals surface area contributed by atoms with Gasteiger partial charge in [0.15, 0.2) is 0 Å². The number of pyridine rings is 1. The molecule has 1 N–H and O–H groups in total. The monoisotopic (exact) mass is 282 g/mol. The van der Waals surface area contributed by atoms with E-state index in [4.69, 9.17) is 27.9 Å². The number of aromatic nitrogens is 1. The maximum absolute atomic E-state index is 6.01. The standard InChI is InChI=1S/C13H12Cl2N2O/c1-16-13-5-2-9(7-17-13)8-18-12-4-3-10(14)6-11(12)15/h2-7H,8H2,1H3,(H,16,17). The summed E-state index contributed by atoms with van der Waals surface area (Å²) in [6.07, 6.45) is 1.76. The molecule has 3 nitrogen and oxygen atoms in total. The Morgan fingerprint density at radius 2 is 2.06 bits per heavy atom. The summed E-state index contributed by atoms with van der Waals surface area (Å²) < 4.78 is 5.60. The molecule has 2 rings (SSSR count). The van der Waals surface area contributed by atoms with E-state index in [0.717, 1.165) is 11.4 Å². The topological polar surface area (TPSA) is 34.1 Å². The lowest BCUT2D eigenvalue weighted by molar-refractivity contribution is 0.306. The Morgan fingerprint density at radius 1 is 1.22 bits per heavy atom. The second-order valence-electron chi connectivity index (χ2n) is 3.67. The minimum absolute atomic E-state index is 0.415. The van der Waals surface area contributed by atoms with Crippen molar-refractivity contribution in [3.8, 4) is 5.75 Å². The molecule has 2 aromatic rings. The summed E-state index contributed by atoms with van der Waals surface area (Å²) in [5.41, 5.74) is 0.972. The van der Waals surface area contributed by atoms with Crippen molar-refractivity contribution in [3.63, 3.8) is 0 Å². The third-order valence-electron chi connectivity index (χ3n) is 2.37. The zero-order chi connectivity index (χ0) is 13.0. The first-order valence-corrected chi connectivity index (χ1v) is 6.15. The normalized spacial score (nSPS) is 10.2. The molecule has 0 bridgehead atoms. The lowest BCUT2D eigenvalue weighted by Gasteiger charge is -2.08. The van der Waals surface area contributed by atoms with Crippen LogP contribution in [0.3, 0.4) is 0 Å². The van der Waals surface area contributed by atoms with Crippen molar-refractivity contribution in [2.75, 3.05) is 12.4 Å². The number of benzene rings is 1. The predicted molar refractivity (Wildman–Crippen MR) is 74.6 cm³/mol. The number of rotatable bonds is 4. The molecule has 0 spiro atoms. The Morgan fingerprint density at radius 3 is 2.67 bits per heavy atom. The molecule has 18 heavy (non-hydrogen) atoms. The average Bonchev–Trinajstić information content (AvgIpc) is 2.38. The number of halogens is 2. The van der Waals surface area contributed by atoms with Crippen molar-refractivity contribution in [2.24, 2.45) is 0 Å². The van der Waals surface area contributed by atoms with E-state index in [-0.39, 0.29) is 0 Å². The number of nitrogens with one attached hydrogen (secondary N) is 1. The Hall–Kier alpha value is -1.45. The lowest BCUT2D eigenvalue weighted by Crippen LogP contribution is -1.98. The van der Waals surface area contributed by atoms with E-state index in [1.54, 1.807) is 24.4 Å². The summed E-state index contributed by atoms with van der Waals surface area (Å²) in [4.78, 5) is 4.20. The van der Waals surface area contributed by atoms with Gasteiger partial charge in [0.2, 0.25) is 0 Å². The maximum atomic E-state index is 6.01. The van der Waals surface area contributed by atoms with Crippen LogP contribution in [0, 0.1) is 0 Å². The van der Waals surface area contributed by atoms with E-state index in [0.29, 0.717) is 22.4 Å². The van der Waals surface area contributed by atoms with Crippen LogP contribution >= 0.6 is 23.2 Å². The van der Waals surface area contributed by atoms with Gasteiger partial charge in [0.1, 0.15) is 18.2 Å². The molecule has 0 aliphatic rings. The summed E-state index contributed by atoms with van der Waals surface area (Å²) in [6.45, 7) is 0.415. The van der Waals surface area contributed by atoms with E-state index in [2.05, 4.69) is 10.3 Å². The molecule has 0 aliphatic carbocycles. The molecular formula is C13H12Cl2N2O. The fourth-order valence-corrected chi connectivity index (χ4v) is 1.87. The molecule has 1 aromatic carbocycles. The number of hydrogen-bond acceptors (Lipinski definition) is 3. The molecule has 0 saturated heterocycles. The zero-order valence-corrected chi connectivity index (χ0v) is 11.3. The zero-order valence-electron chi connectivity index (χ0n) is 9.78.